The summed E-state index contributed by atoms with van der Waals surface area (Å²) in [6, 6.07) is 3.08. The number of rotatable bonds is 8. The van der Waals surface area contributed by atoms with Crippen molar-refractivity contribution in [2.24, 2.45) is 4.03 Å². The minimum atomic E-state index is -4.90. The van der Waals surface area contributed by atoms with Gasteiger partial charge in [-0.05, 0) is 38.5 Å². The molecule has 0 saturated heterocycles. The molecule has 8 nitrogen and oxygen atoms in total. The second-order valence-corrected chi connectivity index (χ2v) is 15.0. The Bertz CT molecular complexity index is 763. The molecule has 11 heteroatoms. The van der Waals surface area contributed by atoms with Crippen LogP contribution in [0.1, 0.15) is 26.7 Å². The molecule has 1 atom stereocenters. The van der Waals surface area contributed by atoms with Crippen LogP contribution in [-0.2, 0) is 18.8 Å². The van der Waals surface area contributed by atoms with Gasteiger partial charge < -0.3 is 14.5 Å². The Hall–Kier alpha value is -0.773. The van der Waals surface area contributed by atoms with Crippen molar-refractivity contribution in [1.29, 1.82) is 0 Å². The van der Waals surface area contributed by atoms with Gasteiger partial charge in [0.05, 0.1) is 7.11 Å². The molecular weight excluding hydrogens is 383 g/mol. The molecule has 0 radical (unpaired) electrons. The standard InChI is InChI=1S/C14H27N2O6PSSi/c1-7-14(8-2,22-23(17,18)19)24(20,16-25(4,5)6)13-11-12(21-3)9-10-15-13/h9-11H,7-8H2,1-6H3,(H2,17,18,19). The van der Waals surface area contributed by atoms with Crippen LogP contribution in [0.2, 0.25) is 19.6 Å². The molecule has 0 aliphatic heterocycles. The molecule has 0 aliphatic rings. The third-order valence-corrected chi connectivity index (χ3v) is 9.88. The van der Waals surface area contributed by atoms with Gasteiger partial charge in [0, 0.05) is 12.3 Å². The molecule has 1 unspecified atom stereocenters. The Balaban J connectivity index is 3.86. The summed E-state index contributed by atoms with van der Waals surface area (Å²) >= 11 is 0. The van der Waals surface area contributed by atoms with Crippen molar-refractivity contribution in [3.8, 4) is 5.75 Å². The lowest BCUT2D eigenvalue weighted by molar-refractivity contribution is 0.0950. The fraction of sp³-hybridized carbons (Fsp3) is 0.643. The lowest BCUT2D eigenvalue weighted by Crippen LogP contribution is -2.42. The Morgan fingerprint density at radius 1 is 1.32 bits per heavy atom. The molecule has 1 aromatic rings. The van der Waals surface area contributed by atoms with Gasteiger partial charge in [-0.25, -0.2) is 13.8 Å². The highest BCUT2D eigenvalue weighted by Crippen LogP contribution is 2.49. The van der Waals surface area contributed by atoms with Gasteiger partial charge >= 0.3 is 7.82 Å². The second kappa shape index (κ2) is 7.85. The highest BCUT2D eigenvalue weighted by molar-refractivity contribution is 7.95. The van der Waals surface area contributed by atoms with Crippen molar-refractivity contribution in [3.63, 3.8) is 0 Å². The summed E-state index contributed by atoms with van der Waals surface area (Å²) in [5.41, 5.74) is 0. The fourth-order valence-electron chi connectivity index (χ4n) is 2.41. The highest BCUT2D eigenvalue weighted by atomic mass is 32.2. The first-order chi connectivity index (χ1) is 11.3. The fourth-order valence-corrected chi connectivity index (χ4v) is 9.57. The zero-order chi connectivity index (χ0) is 19.5. The van der Waals surface area contributed by atoms with E-state index >= 15 is 0 Å². The second-order valence-electron chi connectivity index (χ2n) is 6.52. The molecule has 2 N–H and O–H groups in total. The summed E-state index contributed by atoms with van der Waals surface area (Å²) < 4.78 is 40.6. The van der Waals surface area contributed by atoms with Crippen LogP contribution in [0.5, 0.6) is 5.75 Å². The van der Waals surface area contributed by atoms with E-state index in [0.717, 1.165) is 0 Å². The summed E-state index contributed by atoms with van der Waals surface area (Å²) in [6.07, 6.45) is 1.63. The van der Waals surface area contributed by atoms with Gasteiger partial charge in [0.15, 0.2) is 13.2 Å². The zero-order valence-electron chi connectivity index (χ0n) is 15.4. The van der Waals surface area contributed by atoms with Crippen LogP contribution in [0.4, 0.5) is 0 Å². The molecule has 0 bridgehead atoms. The normalized spacial score (nSPS) is 15.5. The van der Waals surface area contributed by atoms with E-state index in [0.29, 0.717) is 5.75 Å². The number of phosphoric ester groups is 1. The maximum atomic E-state index is 14.1. The molecule has 0 amide bonds. The van der Waals surface area contributed by atoms with Gasteiger partial charge in [0.1, 0.15) is 20.5 Å². The zero-order valence-corrected chi connectivity index (χ0v) is 18.1. The Kier molecular flexibility index (Phi) is 6.99. The molecule has 0 saturated carbocycles. The largest absolute Gasteiger partial charge is 0.497 e. The summed E-state index contributed by atoms with van der Waals surface area (Å²) in [5.74, 6) is 0.431. The molecule has 25 heavy (non-hydrogen) atoms. The molecule has 0 fully saturated rings. The van der Waals surface area contributed by atoms with E-state index in [1.807, 2.05) is 19.6 Å². The highest BCUT2D eigenvalue weighted by Gasteiger charge is 2.47. The molecule has 0 aliphatic carbocycles. The average Bonchev–Trinajstić information content (AvgIpc) is 2.50. The number of hydrogen-bond acceptors (Lipinski definition) is 6. The van der Waals surface area contributed by atoms with Crippen LogP contribution < -0.4 is 4.74 Å². The summed E-state index contributed by atoms with van der Waals surface area (Å²) in [4.78, 5) is 21.3. The van der Waals surface area contributed by atoms with E-state index < -0.39 is 30.7 Å². The van der Waals surface area contributed by atoms with Crippen LogP contribution in [0.3, 0.4) is 0 Å². The lowest BCUT2D eigenvalue weighted by Gasteiger charge is -2.35. The Labute approximate surface area is 150 Å². The molecule has 0 spiro atoms. The van der Waals surface area contributed by atoms with Gasteiger partial charge in [-0.3, -0.25) is 8.55 Å². The number of nitrogens with zero attached hydrogens (tertiary/aromatic N) is 2. The summed E-state index contributed by atoms with van der Waals surface area (Å²) in [6.45, 7) is 9.00. The van der Waals surface area contributed by atoms with Crippen LogP contribution in [0, 0.1) is 0 Å². The molecule has 1 aromatic heterocycles. The average molecular weight is 411 g/mol. The topological polar surface area (TPSA) is 118 Å². The smallest absolute Gasteiger partial charge is 0.471 e. The van der Waals surface area contributed by atoms with E-state index in [9.17, 15) is 18.6 Å². The first-order valence-corrected chi connectivity index (χ1v) is 14.4. The Morgan fingerprint density at radius 2 is 1.88 bits per heavy atom. The predicted octanol–water partition coefficient (Wildman–Crippen LogP) is 3.38. The first kappa shape index (κ1) is 22.3. The maximum Gasteiger partial charge on any atom is 0.471 e. The molecule has 1 rings (SSSR count). The van der Waals surface area contributed by atoms with E-state index in [1.54, 1.807) is 19.9 Å². The lowest BCUT2D eigenvalue weighted by atomic mass is 10.2. The van der Waals surface area contributed by atoms with Gasteiger partial charge in [0.2, 0.25) is 0 Å². The number of ether oxygens (including phenoxy) is 1. The van der Waals surface area contributed by atoms with Crippen LogP contribution in [0.15, 0.2) is 27.4 Å². The van der Waals surface area contributed by atoms with E-state index in [4.69, 9.17) is 9.26 Å². The van der Waals surface area contributed by atoms with E-state index in [1.165, 1.54) is 19.4 Å². The van der Waals surface area contributed by atoms with Crippen molar-refractivity contribution in [2.45, 2.75) is 56.3 Å². The van der Waals surface area contributed by atoms with Gasteiger partial charge in [-0.15, -0.1) is 0 Å². The summed E-state index contributed by atoms with van der Waals surface area (Å²) in [7, 11) is -9.13. The van der Waals surface area contributed by atoms with Crippen molar-refractivity contribution in [2.75, 3.05) is 7.11 Å². The SMILES string of the molecule is CCC(CC)(OP(=O)(O)O)S(=O)(=N[Si](C)(C)C)c1cc(OC)ccn1. The van der Waals surface area contributed by atoms with Gasteiger partial charge in [-0.1, -0.05) is 13.8 Å². The molecular formula is C14H27N2O6PSSi. The number of pyridine rings is 1. The molecule has 144 valence electrons. The minimum Gasteiger partial charge on any atom is -0.497 e. The molecule has 1 heterocycles. The van der Waals surface area contributed by atoms with Gasteiger partial charge in [-0.2, -0.15) is 0 Å². The van der Waals surface area contributed by atoms with Crippen molar-refractivity contribution < 1.29 is 27.8 Å². The van der Waals surface area contributed by atoms with E-state index in [-0.39, 0.29) is 17.9 Å². The van der Waals surface area contributed by atoms with Crippen LogP contribution >= 0.6 is 7.82 Å². The number of aromatic nitrogens is 1. The summed E-state index contributed by atoms with van der Waals surface area (Å²) in [5, 5.41) is 0.103. The van der Waals surface area contributed by atoms with Crippen molar-refractivity contribution >= 4 is 25.8 Å². The number of methoxy groups -OCH3 is 1. The van der Waals surface area contributed by atoms with Crippen molar-refractivity contribution in [3.05, 3.63) is 18.3 Å². The first-order valence-electron chi connectivity index (χ1n) is 7.87. The van der Waals surface area contributed by atoms with Crippen molar-refractivity contribution in [1.82, 2.24) is 4.98 Å². The number of phosphoric acid groups is 1. The third-order valence-electron chi connectivity index (χ3n) is 3.49. The monoisotopic (exact) mass is 410 g/mol. The predicted molar refractivity (Wildman–Crippen MR) is 99.4 cm³/mol. The van der Waals surface area contributed by atoms with E-state index in [2.05, 4.69) is 9.01 Å². The number of hydrogen-bond donors (Lipinski definition) is 2. The van der Waals surface area contributed by atoms with Gasteiger partial charge in [0.25, 0.3) is 0 Å². The van der Waals surface area contributed by atoms with Crippen LogP contribution in [0.25, 0.3) is 0 Å². The van der Waals surface area contributed by atoms with Crippen LogP contribution in [-0.4, -0.2) is 39.3 Å². The minimum absolute atomic E-state index is 0.0975. The Morgan fingerprint density at radius 3 is 2.28 bits per heavy atom. The third kappa shape index (κ3) is 5.35. The quantitative estimate of drug-likeness (QED) is 0.498. The molecule has 0 aromatic carbocycles. The maximum absolute atomic E-state index is 14.1.